The van der Waals surface area contributed by atoms with E-state index in [-0.39, 0.29) is 23.8 Å². The summed E-state index contributed by atoms with van der Waals surface area (Å²) in [6, 6.07) is 10.6. The number of carbonyl (C=O) groups excluding carboxylic acids is 3. The van der Waals surface area contributed by atoms with Crippen molar-refractivity contribution in [3.05, 3.63) is 57.0 Å². The van der Waals surface area contributed by atoms with Crippen molar-refractivity contribution in [1.82, 2.24) is 4.90 Å². The highest BCUT2D eigenvalue weighted by molar-refractivity contribution is 9.10. The molecule has 2 aromatic carbocycles. The molecule has 0 unspecified atom stereocenters. The molecule has 4 aliphatic rings. The number of anilines is 2. The van der Waals surface area contributed by atoms with Crippen LogP contribution in [0.3, 0.4) is 0 Å². The van der Waals surface area contributed by atoms with Gasteiger partial charge in [0.2, 0.25) is 17.7 Å². The lowest BCUT2D eigenvalue weighted by molar-refractivity contribution is -0.135. The fraction of sp³-hybridized carbons (Fsp3) is 0.348. The second-order valence-corrected chi connectivity index (χ2v) is 10.0. The van der Waals surface area contributed by atoms with Crippen LogP contribution in [0.25, 0.3) is 0 Å². The Morgan fingerprint density at radius 1 is 1.10 bits per heavy atom. The predicted octanol–water partition coefficient (Wildman–Crippen LogP) is 3.84. The lowest BCUT2D eigenvalue weighted by Crippen LogP contribution is -2.54. The summed E-state index contributed by atoms with van der Waals surface area (Å²) in [4.78, 5) is 44.5. The van der Waals surface area contributed by atoms with Crippen molar-refractivity contribution in [3.63, 3.8) is 0 Å². The number of hydrogen-bond donors (Lipinski definition) is 1. The van der Waals surface area contributed by atoms with E-state index in [1.54, 1.807) is 18.2 Å². The average Bonchev–Trinajstić information content (AvgIpc) is 3.45. The van der Waals surface area contributed by atoms with Crippen molar-refractivity contribution in [2.45, 2.75) is 31.3 Å². The Kier molecular flexibility index (Phi) is 4.02. The molecule has 3 saturated heterocycles. The van der Waals surface area contributed by atoms with Gasteiger partial charge in [-0.05, 0) is 62.2 Å². The first-order valence-corrected chi connectivity index (χ1v) is 11.6. The molecule has 0 bridgehead atoms. The molecule has 1 N–H and O–H groups in total. The normalized spacial score (nSPS) is 31.4. The molecule has 4 atom stereocenters. The smallest absolute Gasteiger partial charge is 0.250 e. The minimum absolute atomic E-state index is 0.130. The second kappa shape index (κ2) is 6.40. The first-order valence-electron chi connectivity index (χ1n) is 10.4. The van der Waals surface area contributed by atoms with Crippen molar-refractivity contribution in [2.24, 2.45) is 11.8 Å². The third-order valence-electron chi connectivity index (χ3n) is 7.45. The first-order chi connectivity index (χ1) is 14.9. The largest absolute Gasteiger partial charge is 0.324 e. The highest BCUT2D eigenvalue weighted by Crippen LogP contribution is 2.61. The fourth-order valence-electron chi connectivity index (χ4n) is 6.24. The number of benzene rings is 2. The number of imide groups is 1. The van der Waals surface area contributed by atoms with Crippen LogP contribution in [0.15, 0.2) is 40.9 Å². The minimum atomic E-state index is -1.17. The summed E-state index contributed by atoms with van der Waals surface area (Å²) < 4.78 is 0.866. The minimum Gasteiger partial charge on any atom is -0.324 e. The van der Waals surface area contributed by atoms with Crippen LogP contribution in [-0.4, -0.2) is 35.2 Å². The van der Waals surface area contributed by atoms with Gasteiger partial charge < -0.3 is 5.32 Å². The standard InChI is InChI=1S/C23H19BrClN3O3/c1-11-15(25)9-8-14-19(11)26-22(31)23(14)18-17(16-3-2-10-27(16)23)20(29)28(21(18)30)13-6-4-12(24)5-7-13/h4-9,16-18H,2-3,10H2,1H3,(H,26,31)/t16-,17-,18+,23+/m1/s1. The molecule has 8 heteroatoms. The number of amides is 3. The molecule has 0 radical (unpaired) electrons. The maximum Gasteiger partial charge on any atom is 0.250 e. The van der Waals surface area contributed by atoms with Gasteiger partial charge in [-0.1, -0.05) is 33.6 Å². The monoisotopic (exact) mass is 499 g/mol. The Morgan fingerprint density at radius 3 is 2.58 bits per heavy atom. The Hall–Kier alpha value is -2.22. The van der Waals surface area contributed by atoms with Gasteiger partial charge in [0, 0.05) is 21.1 Å². The van der Waals surface area contributed by atoms with Crippen molar-refractivity contribution in [1.29, 1.82) is 0 Å². The van der Waals surface area contributed by atoms with Crippen LogP contribution >= 0.6 is 27.5 Å². The van der Waals surface area contributed by atoms with E-state index < -0.39 is 17.4 Å². The van der Waals surface area contributed by atoms with Gasteiger partial charge in [-0.25, -0.2) is 4.90 Å². The van der Waals surface area contributed by atoms with Crippen molar-refractivity contribution >= 4 is 56.6 Å². The molecular formula is C23H19BrClN3O3. The van der Waals surface area contributed by atoms with Crippen LogP contribution in [-0.2, 0) is 19.9 Å². The Balaban J connectivity index is 1.56. The molecule has 4 aliphatic heterocycles. The van der Waals surface area contributed by atoms with Gasteiger partial charge in [-0.3, -0.25) is 19.3 Å². The van der Waals surface area contributed by atoms with Gasteiger partial charge in [0.25, 0.3) is 0 Å². The lowest BCUT2D eigenvalue weighted by Gasteiger charge is -2.36. The van der Waals surface area contributed by atoms with E-state index in [0.717, 1.165) is 28.4 Å². The first kappa shape index (κ1) is 19.5. The van der Waals surface area contributed by atoms with Gasteiger partial charge in [0.05, 0.1) is 23.2 Å². The summed E-state index contributed by atoms with van der Waals surface area (Å²) in [5.41, 5.74) is 1.58. The third kappa shape index (κ3) is 2.24. The van der Waals surface area contributed by atoms with Crippen LogP contribution in [0.4, 0.5) is 11.4 Å². The molecule has 3 fully saturated rings. The molecule has 0 aliphatic carbocycles. The van der Waals surface area contributed by atoms with Crippen LogP contribution in [0.2, 0.25) is 5.02 Å². The quantitative estimate of drug-likeness (QED) is 0.604. The molecule has 0 saturated carbocycles. The number of halogens is 2. The topological polar surface area (TPSA) is 69.7 Å². The fourth-order valence-corrected chi connectivity index (χ4v) is 6.66. The van der Waals surface area contributed by atoms with E-state index in [1.165, 1.54) is 4.90 Å². The van der Waals surface area contributed by atoms with Crippen LogP contribution in [0, 0.1) is 18.8 Å². The van der Waals surface area contributed by atoms with Gasteiger partial charge >= 0.3 is 0 Å². The Morgan fingerprint density at radius 2 is 1.84 bits per heavy atom. The van der Waals surface area contributed by atoms with Gasteiger partial charge in [0.1, 0.15) is 5.54 Å². The molecule has 4 heterocycles. The highest BCUT2D eigenvalue weighted by atomic mass is 79.9. The highest BCUT2D eigenvalue weighted by Gasteiger charge is 2.74. The molecule has 2 aromatic rings. The molecular weight excluding hydrogens is 482 g/mol. The van der Waals surface area contributed by atoms with E-state index in [2.05, 4.69) is 26.1 Å². The number of nitrogens with zero attached hydrogens (tertiary/aromatic N) is 2. The number of rotatable bonds is 1. The summed E-state index contributed by atoms with van der Waals surface area (Å²) in [5.74, 6) is -2.03. The number of fused-ring (bicyclic) bond motifs is 7. The van der Waals surface area contributed by atoms with E-state index >= 15 is 0 Å². The summed E-state index contributed by atoms with van der Waals surface area (Å²) in [6.07, 6.45) is 1.69. The second-order valence-electron chi connectivity index (χ2n) is 8.71. The van der Waals surface area contributed by atoms with Crippen molar-refractivity contribution in [2.75, 3.05) is 16.8 Å². The number of carbonyl (C=O) groups is 3. The van der Waals surface area contributed by atoms with Gasteiger partial charge in [-0.2, -0.15) is 0 Å². The summed E-state index contributed by atoms with van der Waals surface area (Å²) >= 11 is 9.73. The van der Waals surface area contributed by atoms with Gasteiger partial charge in [-0.15, -0.1) is 0 Å². The molecule has 6 rings (SSSR count). The maximum atomic E-state index is 13.8. The average molecular weight is 501 g/mol. The predicted molar refractivity (Wildman–Crippen MR) is 120 cm³/mol. The molecule has 158 valence electrons. The number of nitrogens with one attached hydrogen (secondary N) is 1. The third-order valence-corrected chi connectivity index (χ3v) is 8.39. The Labute approximate surface area is 192 Å². The van der Waals surface area contributed by atoms with Crippen molar-refractivity contribution in [3.8, 4) is 0 Å². The van der Waals surface area contributed by atoms with Gasteiger partial charge in [0.15, 0.2) is 0 Å². The van der Waals surface area contributed by atoms with Crippen LogP contribution < -0.4 is 10.2 Å². The molecule has 6 nitrogen and oxygen atoms in total. The van der Waals surface area contributed by atoms with Crippen LogP contribution in [0.5, 0.6) is 0 Å². The molecule has 31 heavy (non-hydrogen) atoms. The zero-order valence-electron chi connectivity index (χ0n) is 16.7. The maximum absolute atomic E-state index is 13.8. The van der Waals surface area contributed by atoms with E-state index in [1.807, 2.05) is 25.1 Å². The zero-order chi connectivity index (χ0) is 21.7. The Bertz CT molecular complexity index is 1180. The lowest BCUT2D eigenvalue weighted by atomic mass is 9.75. The molecule has 1 spiro atoms. The van der Waals surface area contributed by atoms with E-state index in [0.29, 0.717) is 22.9 Å². The summed E-state index contributed by atoms with van der Waals surface area (Å²) in [6.45, 7) is 2.55. The summed E-state index contributed by atoms with van der Waals surface area (Å²) in [7, 11) is 0. The van der Waals surface area contributed by atoms with E-state index in [4.69, 9.17) is 11.6 Å². The van der Waals surface area contributed by atoms with Crippen molar-refractivity contribution < 1.29 is 14.4 Å². The van der Waals surface area contributed by atoms with E-state index in [9.17, 15) is 14.4 Å². The number of hydrogen-bond acceptors (Lipinski definition) is 4. The zero-order valence-corrected chi connectivity index (χ0v) is 19.0. The molecule has 0 aromatic heterocycles. The SMILES string of the molecule is Cc1c(Cl)ccc2c1NC(=O)[C@@]21[C@@H]2C(=O)N(c3ccc(Br)cc3)C(=O)[C@@H]2[C@H]2CCCN21. The van der Waals surface area contributed by atoms with Crippen LogP contribution in [0.1, 0.15) is 24.0 Å². The molecule has 3 amide bonds. The summed E-state index contributed by atoms with van der Waals surface area (Å²) in [5, 5.41) is 3.57.